The van der Waals surface area contributed by atoms with Crippen LogP contribution in [0.2, 0.25) is 0 Å². The highest BCUT2D eigenvalue weighted by Gasteiger charge is 2.33. The molecule has 0 N–H and O–H groups in total. The van der Waals surface area contributed by atoms with Crippen LogP contribution in [0.3, 0.4) is 0 Å². The molecule has 0 unspecified atom stereocenters. The van der Waals surface area contributed by atoms with Crippen LogP contribution in [0.25, 0.3) is 0 Å². The Hall–Kier alpha value is -1.71. The summed E-state index contributed by atoms with van der Waals surface area (Å²) in [6.45, 7) is 14.4. The fraction of sp³-hybridized carbons (Fsp3) is 0.632. The number of methoxy groups -OCH3 is 2. The van der Waals surface area contributed by atoms with Gasteiger partial charge in [-0.15, -0.1) is 0 Å². The second-order valence-electron chi connectivity index (χ2n) is 7.37. The first-order valence-electron chi connectivity index (χ1n) is 8.14. The summed E-state index contributed by atoms with van der Waals surface area (Å²) in [5.74, 6) is 1.29. The maximum atomic E-state index is 13.3. The van der Waals surface area contributed by atoms with Crippen molar-refractivity contribution in [3.8, 4) is 11.5 Å². The van der Waals surface area contributed by atoms with Gasteiger partial charge in [0.05, 0.1) is 19.8 Å². The van der Waals surface area contributed by atoms with Crippen LogP contribution >= 0.6 is 0 Å². The maximum Gasteiger partial charge on any atom is 0.258 e. The lowest BCUT2D eigenvalue weighted by molar-refractivity contribution is 0.0637. The third kappa shape index (κ3) is 3.98. The molecule has 0 aliphatic heterocycles. The van der Waals surface area contributed by atoms with E-state index in [1.807, 2.05) is 38.7 Å². The third-order valence-electron chi connectivity index (χ3n) is 3.88. The first kappa shape index (κ1) is 19.3. The van der Waals surface area contributed by atoms with Gasteiger partial charge in [-0.1, -0.05) is 20.8 Å². The molecule has 1 aromatic carbocycles. The molecule has 0 aliphatic rings. The lowest BCUT2D eigenvalue weighted by Crippen LogP contribution is -2.43. The summed E-state index contributed by atoms with van der Waals surface area (Å²) in [5, 5.41) is 0. The summed E-state index contributed by atoms with van der Waals surface area (Å²) in [6.07, 6.45) is 0. The summed E-state index contributed by atoms with van der Waals surface area (Å²) in [7, 11) is 3.23. The predicted octanol–water partition coefficient (Wildman–Crippen LogP) is 4.26. The molecular formula is C19H31NO3. The maximum absolute atomic E-state index is 13.3. The summed E-state index contributed by atoms with van der Waals surface area (Å²) in [6, 6.07) is 3.88. The van der Waals surface area contributed by atoms with Crippen molar-refractivity contribution in [2.24, 2.45) is 0 Å². The number of carbonyl (C=O) groups excluding carboxylic acids is 1. The third-order valence-corrected chi connectivity index (χ3v) is 3.88. The number of amides is 1. The SMILES string of the molecule is COc1ccc(OC)c(C(C)(C)C)c1C(=O)N(C(C)C)C(C)C. The summed E-state index contributed by atoms with van der Waals surface area (Å²) in [5.41, 5.74) is 1.24. The van der Waals surface area contributed by atoms with E-state index >= 15 is 0 Å². The van der Waals surface area contributed by atoms with Crippen molar-refractivity contribution in [1.82, 2.24) is 4.90 Å². The van der Waals surface area contributed by atoms with E-state index in [1.54, 1.807) is 20.3 Å². The first-order valence-corrected chi connectivity index (χ1v) is 8.14. The quantitative estimate of drug-likeness (QED) is 0.813. The van der Waals surface area contributed by atoms with Crippen molar-refractivity contribution in [3.05, 3.63) is 23.3 Å². The first-order chi connectivity index (χ1) is 10.6. The molecule has 0 spiro atoms. The Labute approximate surface area is 140 Å². The molecule has 4 heteroatoms. The molecule has 0 atom stereocenters. The minimum atomic E-state index is -0.246. The second-order valence-corrected chi connectivity index (χ2v) is 7.37. The molecular weight excluding hydrogens is 290 g/mol. The Morgan fingerprint density at radius 3 is 1.74 bits per heavy atom. The highest BCUT2D eigenvalue weighted by Crippen LogP contribution is 2.40. The highest BCUT2D eigenvalue weighted by atomic mass is 16.5. The minimum absolute atomic E-state index is 0.0179. The summed E-state index contributed by atoms with van der Waals surface area (Å²) < 4.78 is 11.0. The lowest BCUT2D eigenvalue weighted by Gasteiger charge is -2.34. The summed E-state index contributed by atoms with van der Waals surface area (Å²) >= 11 is 0. The molecule has 23 heavy (non-hydrogen) atoms. The van der Waals surface area contributed by atoms with Gasteiger partial charge in [-0.25, -0.2) is 0 Å². The zero-order valence-corrected chi connectivity index (χ0v) is 16.0. The van der Waals surface area contributed by atoms with Gasteiger partial charge in [0, 0.05) is 17.6 Å². The van der Waals surface area contributed by atoms with Gasteiger partial charge in [0.25, 0.3) is 5.91 Å². The van der Waals surface area contributed by atoms with E-state index in [4.69, 9.17) is 9.47 Å². The summed E-state index contributed by atoms with van der Waals surface area (Å²) in [4.78, 5) is 15.2. The molecule has 0 radical (unpaired) electrons. The van der Waals surface area contributed by atoms with Crippen LogP contribution in [-0.4, -0.2) is 37.1 Å². The Balaban J connectivity index is 3.69. The van der Waals surface area contributed by atoms with Gasteiger partial charge in [0.15, 0.2) is 0 Å². The fourth-order valence-electron chi connectivity index (χ4n) is 3.06. The van der Waals surface area contributed by atoms with Gasteiger partial charge in [-0.05, 0) is 45.2 Å². The smallest absolute Gasteiger partial charge is 0.258 e. The molecule has 0 saturated carbocycles. The fourth-order valence-corrected chi connectivity index (χ4v) is 3.06. The molecule has 0 saturated heterocycles. The van der Waals surface area contributed by atoms with Crippen LogP contribution in [0.1, 0.15) is 64.4 Å². The average Bonchev–Trinajstić information content (AvgIpc) is 2.43. The van der Waals surface area contributed by atoms with E-state index in [0.29, 0.717) is 17.1 Å². The molecule has 0 fully saturated rings. The van der Waals surface area contributed by atoms with Gasteiger partial charge in [0.1, 0.15) is 11.5 Å². The van der Waals surface area contributed by atoms with Crippen LogP contribution < -0.4 is 9.47 Å². The van der Waals surface area contributed by atoms with Crippen LogP contribution in [0, 0.1) is 0 Å². The molecule has 0 aliphatic carbocycles. The largest absolute Gasteiger partial charge is 0.496 e. The number of carbonyl (C=O) groups is 1. The molecule has 130 valence electrons. The number of rotatable bonds is 5. The van der Waals surface area contributed by atoms with Crippen molar-refractivity contribution in [3.63, 3.8) is 0 Å². The van der Waals surface area contributed by atoms with Gasteiger partial charge in [0.2, 0.25) is 0 Å². The van der Waals surface area contributed by atoms with Gasteiger partial charge in [-0.3, -0.25) is 4.79 Å². The lowest BCUT2D eigenvalue weighted by atomic mass is 9.82. The standard InChI is InChI=1S/C19H31NO3/c1-12(2)20(13(3)4)18(21)16-14(22-8)10-11-15(23-9)17(16)19(5,6)7/h10-13H,1-9H3. The normalized spacial score (nSPS) is 11.8. The van der Waals surface area contributed by atoms with Crippen molar-refractivity contribution in [1.29, 1.82) is 0 Å². The van der Waals surface area contributed by atoms with Crippen molar-refractivity contribution >= 4 is 5.91 Å². The van der Waals surface area contributed by atoms with E-state index in [-0.39, 0.29) is 23.4 Å². The van der Waals surface area contributed by atoms with E-state index in [0.717, 1.165) is 5.56 Å². The van der Waals surface area contributed by atoms with Gasteiger partial charge < -0.3 is 14.4 Å². The minimum Gasteiger partial charge on any atom is -0.496 e. The van der Waals surface area contributed by atoms with Crippen molar-refractivity contribution in [2.45, 2.75) is 66.0 Å². The zero-order valence-electron chi connectivity index (χ0n) is 16.0. The molecule has 1 amide bonds. The zero-order chi connectivity index (χ0) is 17.9. The van der Waals surface area contributed by atoms with E-state index in [1.165, 1.54) is 0 Å². The second kappa shape index (κ2) is 7.24. The average molecular weight is 321 g/mol. The number of hydrogen-bond acceptors (Lipinski definition) is 3. The molecule has 0 heterocycles. The van der Waals surface area contributed by atoms with Gasteiger partial charge in [-0.2, -0.15) is 0 Å². The Morgan fingerprint density at radius 2 is 1.39 bits per heavy atom. The number of ether oxygens (including phenoxy) is 2. The molecule has 4 nitrogen and oxygen atoms in total. The van der Waals surface area contributed by atoms with Gasteiger partial charge >= 0.3 is 0 Å². The van der Waals surface area contributed by atoms with Crippen LogP contribution in [0.4, 0.5) is 0 Å². The Bertz CT molecular complexity index is 548. The monoisotopic (exact) mass is 321 g/mol. The number of nitrogens with zero attached hydrogens (tertiary/aromatic N) is 1. The molecule has 0 aromatic heterocycles. The Morgan fingerprint density at radius 1 is 0.957 bits per heavy atom. The number of benzene rings is 1. The van der Waals surface area contributed by atoms with E-state index in [9.17, 15) is 4.79 Å². The van der Waals surface area contributed by atoms with Crippen molar-refractivity contribution in [2.75, 3.05) is 14.2 Å². The van der Waals surface area contributed by atoms with Crippen LogP contribution in [0.15, 0.2) is 12.1 Å². The topological polar surface area (TPSA) is 38.8 Å². The Kier molecular flexibility index (Phi) is 6.09. The molecule has 1 aromatic rings. The molecule has 0 bridgehead atoms. The predicted molar refractivity (Wildman–Crippen MR) is 94.7 cm³/mol. The number of hydrogen-bond donors (Lipinski definition) is 0. The highest BCUT2D eigenvalue weighted by molar-refractivity contribution is 6.00. The van der Waals surface area contributed by atoms with Crippen LogP contribution in [0.5, 0.6) is 11.5 Å². The molecule has 1 rings (SSSR count). The van der Waals surface area contributed by atoms with Crippen LogP contribution in [-0.2, 0) is 5.41 Å². The van der Waals surface area contributed by atoms with E-state index in [2.05, 4.69) is 20.8 Å². The van der Waals surface area contributed by atoms with E-state index < -0.39 is 0 Å². The van der Waals surface area contributed by atoms with Crippen molar-refractivity contribution < 1.29 is 14.3 Å².